The highest BCUT2D eigenvalue weighted by atomic mass is 16.5. The van der Waals surface area contributed by atoms with Crippen LogP contribution in [0.1, 0.15) is 10.4 Å². The number of benzene rings is 3. The summed E-state index contributed by atoms with van der Waals surface area (Å²) in [5, 5.41) is 3.33. The largest absolute Gasteiger partial charge is 0.496 e. The molecule has 1 heterocycles. The van der Waals surface area contributed by atoms with Crippen LogP contribution in [0.2, 0.25) is 0 Å². The number of aromatic nitrogens is 1. The van der Waals surface area contributed by atoms with E-state index in [-0.39, 0.29) is 11.0 Å². The number of rotatable bonds is 5. The summed E-state index contributed by atoms with van der Waals surface area (Å²) < 4.78 is 11.0. The van der Waals surface area contributed by atoms with E-state index < -0.39 is 5.91 Å². The van der Waals surface area contributed by atoms with Crippen LogP contribution in [0.4, 0.5) is 5.69 Å². The third kappa shape index (κ3) is 3.39. The molecule has 4 aromatic rings. The lowest BCUT2D eigenvalue weighted by Gasteiger charge is -2.17. The molecule has 0 fully saturated rings. The first kappa shape index (κ1) is 19.3. The molecule has 1 aromatic heterocycles. The molecule has 0 saturated heterocycles. The summed E-state index contributed by atoms with van der Waals surface area (Å²) in [5.74, 6) is 0.725. The van der Waals surface area contributed by atoms with E-state index in [9.17, 15) is 9.59 Å². The maximum atomic E-state index is 13.0. The first-order valence-corrected chi connectivity index (χ1v) is 9.36. The molecule has 4 rings (SSSR count). The van der Waals surface area contributed by atoms with Gasteiger partial charge in [-0.2, -0.15) is 0 Å². The lowest BCUT2D eigenvalue weighted by Crippen LogP contribution is -2.22. The van der Waals surface area contributed by atoms with Crippen LogP contribution in [-0.2, 0) is 0 Å². The van der Waals surface area contributed by atoms with Crippen LogP contribution in [0, 0.1) is 0 Å². The molecule has 0 saturated carbocycles. The molecule has 0 atom stereocenters. The van der Waals surface area contributed by atoms with Crippen LogP contribution in [0.3, 0.4) is 0 Å². The minimum atomic E-state index is -0.497. The molecule has 6 heteroatoms. The van der Waals surface area contributed by atoms with Gasteiger partial charge in [0.05, 0.1) is 19.8 Å². The van der Waals surface area contributed by atoms with Crippen molar-refractivity contribution < 1.29 is 14.3 Å². The summed E-state index contributed by atoms with van der Waals surface area (Å²) in [5.41, 5.74) is 2.36. The van der Waals surface area contributed by atoms with Gasteiger partial charge in [-0.1, -0.05) is 36.4 Å². The number of hydrogen-bond donors (Lipinski definition) is 2. The molecule has 0 radical (unpaired) electrons. The van der Waals surface area contributed by atoms with Gasteiger partial charge in [0, 0.05) is 28.4 Å². The van der Waals surface area contributed by atoms with Crippen molar-refractivity contribution in [1.29, 1.82) is 0 Å². The molecule has 1 amide bonds. The molecule has 0 spiro atoms. The van der Waals surface area contributed by atoms with Crippen molar-refractivity contribution in [3.8, 4) is 22.6 Å². The second-order valence-corrected chi connectivity index (χ2v) is 6.61. The number of fused-ring (bicyclic) bond motifs is 1. The van der Waals surface area contributed by atoms with Crippen molar-refractivity contribution in [3.63, 3.8) is 0 Å². The summed E-state index contributed by atoms with van der Waals surface area (Å²) in [6.07, 6.45) is 1.44. The first-order valence-electron chi connectivity index (χ1n) is 9.36. The molecule has 2 N–H and O–H groups in total. The quantitative estimate of drug-likeness (QED) is 0.518. The summed E-state index contributed by atoms with van der Waals surface area (Å²) in [6, 6.07) is 19.9. The molecule has 0 bridgehead atoms. The van der Waals surface area contributed by atoms with Gasteiger partial charge < -0.3 is 19.8 Å². The third-order valence-corrected chi connectivity index (χ3v) is 4.91. The molecule has 6 nitrogen and oxygen atoms in total. The van der Waals surface area contributed by atoms with E-state index in [0.29, 0.717) is 33.7 Å². The Hall–Kier alpha value is -4.06. The average Bonchev–Trinajstić information content (AvgIpc) is 2.79. The van der Waals surface area contributed by atoms with Crippen molar-refractivity contribution in [2.75, 3.05) is 19.5 Å². The van der Waals surface area contributed by atoms with Gasteiger partial charge in [-0.3, -0.25) is 9.59 Å². The molecule has 0 aliphatic carbocycles. The molecule has 30 heavy (non-hydrogen) atoms. The van der Waals surface area contributed by atoms with Crippen LogP contribution in [0.5, 0.6) is 11.5 Å². The highest BCUT2D eigenvalue weighted by Gasteiger charge is 2.19. The third-order valence-electron chi connectivity index (χ3n) is 4.91. The minimum Gasteiger partial charge on any atom is -0.496 e. The van der Waals surface area contributed by atoms with Gasteiger partial charge in [-0.25, -0.2) is 0 Å². The Labute approximate surface area is 173 Å². The first-order chi connectivity index (χ1) is 14.6. The number of para-hydroxylation sites is 2. The molecule has 0 aliphatic heterocycles. The van der Waals surface area contributed by atoms with E-state index in [4.69, 9.17) is 9.47 Å². The van der Waals surface area contributed by atoms with Crippen molar-refractivity contribution in [3.05, 3.63) is 88.7 Å². The summed E-state index contributed by atoms with van der Waals surface area (Å²) in [7, 11) is 3.15. The lowest BCUT2D eigenvalue weighted by molar-refractivity contribution is 0.102. The zero-order valence-electron chi connectivity index (χ0n) is 16.6. The number of nitrogens with one attached hydrogen (secondary N) is 2. The fraction of sp³-hybridized carbons (Fsp3) is 0.0833. The van der Waals surface area contributed by atoms with Crippen molar-refractivity contribution >= 4 is 22.5 Å². The Morgan fingerprint density at radius 2 is 1.53 bits per heavy atom. The van der Waals surface area contributed by atoms with E-state index in [1.807, 2.05) is 42.5 Å². The Morgan fingerprint density at radius 1 is 0.867 bits per heavy atom. The zero-order chi connectivity index (χ0) is 21.1. The summed E-state index contributed by atoms with van der Waals surface area (Å²) in [6.45, 7) is 0. The number of carbonyl (C=O) groups excluding carboxylic acids is 1. The summed E-state index contributed by atoms with van der Waals surface area (Å²) >= 11 is 0. The number of ether oxygens (including phenoxy) is 2. The van der Waals surface area contributed by atoms with Gasteiger partial charge in [-0.05, 0) is 30.3 Å². The highest BCUT2D eigenvalue weighted by Crippen LogP contribution is 2.41. The maximum Gasteiger partial charge on any atom is 0.261 e. The second-order valence-electron chi connectivity index (χ2n) is 6.61. The van der Waals surface area contributed by atoms with Crippen LogP contribution in [0.25, 0.3) is 22.0 Å². The number of hydrogen-bond acceptors (Lipinski definition) is 4. The van der Waals surface area contributed by atoms with Crippen molar-refractivity contribution in [2.24, 2.45) is 0 Å². The smallest absolute Gasteiger partial charge is 0.261 e. The van der Waals surface area contributed by atoms with Gasteiger partial charge in [0.25, 0.3) is 5.91 Å². The van der Waals surface area contributed by atoms with E-state index in [0.717, 1.165) is 5.56 Å². The average molecular weight is 400 g/mol. The van der Waals surface area contributed by atoms with Crippen LogP contribution >= 0.6 is 0 Å². The van der Waals surface area contributed by atoms with Crippen molar-refractivity contribution in [2.45, 2.75) is 0 Å². The number of H-pyrrole nitrogens is 1. The fourth-order valence-electron chi connectivity index (χ4n) is 3.45. The standard InChI is InChI=1S/C24H20N2O4/c1-29-20-12-7-13-21(30-2)22(20)15-8-3-6-11-19(15)26-24(28)17-14-25-18-10-5-4-9-16(18)23(17)27/h3-14H,1-2H3,(H,25,27)(H,26,28). The van der Waals surface area contributed by atoms with Crippen LogP contribution in [0.15, 0.2) is 77.7 Å². The van der Waals surface area contributed by atoms with E-state index in [1.165, 1.54) is 6.20 Å². The molecule has 0 aliphatic rings. The fourth-order valence-corrected chi connectivity index (χ4v) is 3.45. The Morgan fingerprint density at radius 3 is 2.27 bits per heavy atom. The maximum absolute atomic E-state index is 13.0. The Balaban J connectivity index is 1.78. The zero-order valence-corrected chi connectivity index (χ0v) is 16.6. The van der Waals surface area contributed by atoms with Gasteiger partial charge in [0.2, 0.25) is 5.43 Å². The number of anilines is 1. The molecule has 3 aromatic carbocycles. The number of methoxy groups -OCH3 is 2. The highest BCUT2D eigenvalue weighted by molar-refractivity contribution is 6.07. The Bertz CT molecular complexity index is 1270. The number of carbonyl (C=O) groups is 1. The van der Waals surface area contributed by atoms with Crippen LogP contribution in [-0.4, -0.2) is 25.1 Å². The SMILES string of the molecule is COc1cccc(OC)c1-c1ccccc1NC(=O)c1c[nH]c2ccccc2c1=O. The molecular formula is C24H20N2O4. The summed E-state index contributed by atoms with van der Waals surface area (Å²) in [4.78, 5) is 28.8. The van der Waals surface area contributed by atoms with E-state index in [2.05, 4.69) is 10.3 Å². The molecule has 0 unspecified atom stereocenters. The monoisotopic (exact) mass is 400 g/mol. The van der Waals surface area contributed by atoms with Crippen LogP contribution < -0.4 is 20.2 Å². The van der Waals surface area contributed by atoms with Gasteiger partial charge in [-0.15, -0.1) is 0 Å². The van der Waals surface area contributed by atoms with E-state index in [1.54, 1.807) is 38.5 Å². The van der Waals surface area contributed by atoms with Crippen molar-refractivity contribution in [1.82, 2.24) is 4.98 Å². The number of pyridine rings is 1. The molecule has 150 valence electrons. The Kier molecular flexibility index (Phi) is 5.22. The number of aromatic amines is 1. The van der Waals surface area contributed by atoms with Gasteiger partial charge >= 0.3 is 0 Å². The normalized spacial score (nSPS) is 10.6. The second kappa shape index (κ2) is 8.13. The van der Waals surface area contributed by atoms with Gasteiger partial charge in [0.15, 0.2) is 0 Å². The predicted octanol–water partition coefficient (Wildman–Crippen LogP) is 4.46. The lowest BCUT2D eigenvalue weighted by atomic mass is 10.0. The molecular weight excluding hydrogens is 380 g/mol. The topological polar surface area (TPSA) is 80.4 Å². The predicted molar refractivity (Wildman–Crippen MR) is 118 cm³/mol. The minimum absolute atomic E-state index is 0.0375. The number of amides is 1. The van der Waals surface area contributed by atoms with Gasteiger partial charge in [0.1, 0.15) is 17.1 Å². The van der Waals surface area contributed by atoms with E-state index >= 15 is 0 Å².